The van der Waals surface area contributed by atoms with Crippen molar-refractivity contribution in [1.82, 2.24) is 0 Å². The number of rotatable bonds is 2. The van der Waals surface area contributed by atoms with E-state index >= 15 is 0 Å². The molecule has 0 atom stereocenters. The minimum Gasteiger partial charge on any atom is -0.469 e. The zero-order chi connectivity index (χ0) is 15.8. The second-order valence-electron chi connectivity index (χ2n) is 5.13. The number of nitrogen functional groups attached to an aromatic ring is 1. The molecule has 4 nitrogen and oxygen atoms in total. The molecule has 1 saturated carbocycles. The van der Waals surface area contributed by atoms with E-state index in [2.05, 4.69) is 18.1 Å². The Balaban J connectivity index is 0.000000385. The van der Waals surface area contributed by atoms with Crippen molar-refractivity contribution in [3.63, 3.8) is 0 Å². The number of anilines is 1. The van der Waals surface area contributed by atoms with Crippen LogP contribution in [0.2, 0.25) is 0 Å². The molecule has 0 unspecified atom stereocenters. The van der Waals surface area contributed by atoms with Crippen LogP contribution in [0.3, 0.4) is 0 Å². The molecule has 0 heterocycles. The van der Waals surface area contributed by atoms with Gasteiger partial charge in [0, 0.05) is 0 Å². The van der Waals surface area contributed by atoms with E-state index in [0.717, 1.165) is 31.2 Å². The molecule has 0 spiro atoms. The van der Waals surface area contributed by atoms with Gasteiger partial charge in [-0.15, -0.1) is 6.07 Å². The summed E-state index contributed by atoms with van der Waals surface area (Å²) < 4.78 is 4.64. The second kappa shape index (κ2) is 11.2. The van der Waals surface area contributed by atoms with Crippen molar-refractivity contribution in [2.75, 3.05) is 12.8 Å². The number of hydrogen-bond acceptors (Lipinski definition) is 4. The van der Waals surface area contributed by atoms with Crippen LogP contribution in [0.1, 0.15) is 42.4 Å². The first kappa shape index (κ1) is 21.7. The van der Waals surface area contributed by atoms with Crippen molar-refractivity contribution in [2.45, 2.75) is 32.6 Å². The Hall–Kier alpha value is -0.334. The summed E-state index contributed by atoms with van der Waals surface area (Å²) in [6.45, 7) is 5.57. The van der Waals surface area contributed by atoms with E-state index in [0.29, 0.717) is 16.8 Å². The Kier molecular flexibility index (Phi) is 11.1. The van der Waals surface area contributed by atoms with Gasteiger partial charge in [-0.05, 0) is 12.0 Å². The second-order valence-corrected chi connectivity index (χ2v) is 5.13. The molecule has 0 aliphatic heterocycles. The first-order chi connectivity index (χ1) is 9.99. The summed E-state index contributed by atoms with van der Waals surface area (Å²) in [5, 5.41) is 0. The average molecular weight is 327 g/mol. The molecule has 2 rings (SSSR count). The van der Waals surface area contributed by atoms with E-state index in [1.165, 1.54) is 7.11 Å². The van der Waals surface area contributed by atoms with Crippen LogP contribution in [0.4, 0.5) is 5.69 Å². The Morgan fingerprint density at radius 1 is 1.41 bits per heavy atom. The minimum atomic E-state index is -0.0342. The monoisotopic (exact) mass is 327 g/mol. The van der Waals surface area contributed by atoms with E-state index in [1.54, 1.807) is 18.4 Å². The van der Waals surface area contributed by atoms with Gasteiger partial charge in [0.25, 0.3) is 0 Å². The number of benzene rings is 1. The molecule has 0 aromatic heterocycles. The number of ether oxygens (including phenoxy) is 1. The third kappa shape index (κ3) is 6.83. The van der Waals surface area contributed by atoms with Crippen molar-refractivity contribution in [3.05, 3.63) is 42.2 Å². The van der Waals surface area contributed by atoms with Crippen molar-refractivity contribution >= 4 is 17.9 Å². The fourth-order valence-corrected chi connectivity index (χ4v) is 2.27. The number of carbonyl (C=O) groups excluding carboxylic acids is 2. The van der Waals surface area contributed by atoms with Gasteiger partial charge in [-0.25, -0.2) is 5.56 Å². The maximum Gasteiger partial charge on any atom is 1.00 e. The molecule has 0 bridgehead atoms. The molecule has 1 aliphatic carbocycles. The molecule has 2 N–H and O–H groups in total. The van der Waals surface area contributed by atoms with Gasteiger partial charge in [-0.2, -0.15) is 18.9 Å². The van der Waals surface area contributed by atoms with Crippen LogP contribution in [0.15, 0.2) is 12.1 Å². The van der Waals surface area contributed by atoms with E-state index in [-0.39, 0.29) is 63.3 Å². The quantitative estimate of drug-likeness (QED) is 0.353. The number of carbonyl (C=O) groups is 1. The van der Waals surface area contributed by atoms with Crippen LogP contribution in [0.5, 0.6) is 0 Å². The zero-order valence-corrected chi connectivity index (χ0v) is 16.8. The van der Waals surface area contributed by atoms with Gasteiger partial charge in [0.05, 0.1) is 13.0 Å². The van der Waals surface area contributed by atoms with Gasteiger partial charge in [0.1, 0.15) is 0 Å². The molecule has 1 fully saturated rings. The van der Waals surface area contributed by atoms with Crippen molar-refractivity contribution in [1.29, 1.82) is 0 Å². The Labute approximate surface area is 175 Å². The Morgan fingerprint density at radius 2 is 2.00 bits per heavy atom. The molecule has 1 aliphatic rings. The van der Waals surface area contributed by atoms with E-state index in [1.807, 2.05) is 6.92 Å². The third-order valence-electron chi connectivity index (χ3n) is 3.58. The first-order valence-corrected chi connectivity index (χ1v) is 6.99. The van der Waals surface area contributed by atoms with Gasteiger partial charge in [-0.1, -0.05) is 19.8 Å². The Bertz CT molecular complexity index is 497. The largest absolute Gasteiger partial charge is 1.00 e. The topological polar surface area (TPSA) is 69.4 Å². The summed E-state index contributed by atoms with van der Waals surface area (Å²) in [6, 6.07) is 3.35. The van der Waals surface area contributed by atoms with Gasteiger partial charge in [-0.3, -0.25) is 22.8 Å². The average Bonchev–Trinajstić information content (AvgIpc) is 2.51. The molecule has 116 valence electrons. The van der Waals surface area contributed by atoms with Gasteiger partial charge < -0.3 is 21.7 Å². The SMILES string of the molecule is COC(=O)C1CC[CH-]CC1.[CH2-]c1c(C)cc(N)cc1[C-]=O.[K+]. The summed E-state index contributed by atoms with van der Waals surface area (Å²) in [5.74, 6) is 0.142. The van der Waals surface area contributed by atoms with Crippen LogP contribution in [0.25, 0.3) is 0 Å². The van der Waals surface area contributed by atoms with E-state index in [4.69, 9.17) is 5.73 Å². The molecule has 1 aromatic carbocycles. The molecular weight excluding hydrogens is 305 g/mol. The van der Waals surface area contributed by atoms with Crippen LogP contribution < -0.4 is 57.1 Å². The van der Waals surface area contributed by atoms with E-state index in [9.17, 15) is 9.59 Å². The molecule has 0 saturated heterocycles. The predicted octanol–water partition coefficient (Wildman–Crippen LogP) is -0.225. The fourth-order valence-electron chi connectivity index (χ4n) is 2.27. The van der Waals surface area contributed by atoms with Crippen molar-refractivity contribution in [3.8, 4) is 0 Å². The van der Waals surface area contributed by atoms with Crippen molar-refractivity contribution in [2.24, 2.45) is 5.92 Å². The molecular formula is C17H22KNO3-2. The zero-order valence-electron chi connectivity index (χ0n) is 13.6. The summed E-state index contributed by atoms with van der Waals surface area (Å²) in [4.78, 5) is 21.2. The molecule has 22 heavy (non-hydrogen) atoms. The summed E-state index contributed by atoms with van der Waals surface area (Å²) in [5.41, 5.74) is 8.14. The predicted molar refractivity (Wildman–Crippen MR) is 83.1 cm³/mol. The molecule has 0 amide bonds. The van der Waals surface area contributed by atoms with Crippen LogP contribution >= 0.6 is 0 Å². The van der Waals surface area contributed by atoms with Crippen molar-refractivity contribution < 1.29 is 65.7 Å². The molecule has 1 aromatic rings. The first-order valence-electron chi connectivity index (χ1n) is 6.99. The molecule has 0 radical (unpaired) electrons. The van der Waals surface area contributed by atoms with Gasteiger partial charge >= 0.3 is 57.4 Å². The number of esters is 1. The van der Waals surface area contributed by atoms with E-state index < -0.39 is 0 Å². The Morgan fingerprint density at radius 3 is 2.50 bits per heavy atom. The number of methoxy groups -OCH3 is 1. The normalized spacial score (nSPS) is 14.1. The van der Waals surface area contributed by atoms with Crippen LogP contribution in [-0.4, -0.2) is 19.4 Å². The third-order valence-corrected chi connectivity index (χ3v) is 3.58. The fraction of sp³-hybridized carbons (Fsp3) is 0.412. The molecule has 5 heteroatoms. The minimum absolute atomic E-state index is 0. The maximum atomic E-state index is 10.9. The van der Waals surface area contributed by atoms with Crippen LogP contribution in [-0.2, 0) is 14.3 Å². The number of aryl methyl sites for hydroxylation is 1. The summed E-state index contributed by atoms with van der Waals surface area (Å²) in [7, 11) is 1.46. The summed E-state index contributed by atoms with van der Waals surface area (Å²) >= 11 is 0. The summed E-state index contributed by atoms with van der Waals surface area (Å²) in [6.07, 6.45) is 8.12. The standard InChI is InChI=1S/C9H9NO.C8H13O2.K/c1-6-3-9(10)4-8(5-11)7(6)2;1-10-8(9)7-5-3-2-4-6-7;/h3-4H,2,10H2,1H3;2,7H,3-6H2,1H3;/q-2;-1;+1. The van der Waals surface area contributed by atoms with Crippen LogP contribution in [0, 0.1) is 26.2 Å². The smallest absolute Gasteiger partial charge is 0.469 e. The van der Waals surface area contributed by atoms with Gasteiger partial charge in [0.15, 0.2) is 0 Å². The van der Waals surface area contributed by atoms with Gasteiger partial charge in [0.2, 0.25) is 0 Å². The number of nitrogens with two attached hydrogens (primary N) is 1. The maximum absolute atomic E-state index is 10.9. The number of hydrogen-bond donors (Lipinski definition) is 1.